The predicted octanol–water partition coefficient (Wildman–Crippen LogP) is 3.54. The summed E-state index contributed by atoms with van der Waals surface area (Å²) in [6.45, 7) is 7.51. The zero-order chi connectivity index (χ0) is 20.5. The van der Waals surface area contributed by atoms with Crippen LogP contribution >= 0.6 is 11.3 Å². The number of hydrogen-bond acceptors (Lipinski definition) is 5. The molecule has 6 nitrogen and oxygen atoms in total. The molecule has 0 spiro atoms. The molecule has 1 atom stereocenters. The number of carbonyl (C=O) groups is 1. The minimum absolute atomic E-state index is 0.248. The second-order valence-corrected chi connectivity index (χ2v) is 7.86. The number of nitrogens with one attached hydrogen (secondary N) is 2. The average Bonchev–Trinajstić information content (AvgIpc) is 3.09. The maximum Gasteiger partial charge on any atom is 0.341 e. The predicted molar refractivity (Wildman–Crippen MR) is 115 cm³/mol. The Morgan fingerprint density at radius 1 is 1.25 bits per heavy atom. The molecule has 1 unspecified atom stereocenters. The first-order valence-electron chi connectivity index (χ1n) is 9.32. The number of ether oxygens (including phenoxy) is 2. The van der Waals surface area contributed by atoms with Crippen LogP contribution in [0.25, 0.3) is 0 Å². The molecule has 0 saturated heterocycles. The van der Waals surface area contributed by atoms with Crippen molar-refractivity contribution in [2.45, 2.75) is 39.8 Å². The third-order valence-corrected chi connectivity index (χ3v) is 5.14. The van der Waals surface area contributed by atoms with Gasteiger partial charge in [-0.1, -0.05) is 6.07 Å². The van der Waals surface area contributed by atoms with Gasteiger partial charge in [0.25, 0.3) is 0 Å². The summed E-state index contributed by atoms with van der Waals surface area (Å²) in [5.74, 6) is 0.816. The fourth-order valence-corrected chi connectivity index (χ4v) is 3.81. The molecule has 0 amide bonds. The lowest BCUT2D eigenvalue weighted by Gasteiger charge is -2.17. The Balaban J connectivity index is 2.08. The lowest BCUT2D eigenvalue weighted by molar-refractivity contribution is 0.0597. The third-order valence-electron chi connectivity index (χ3n) is 4.12. The second kappa shape index (κ2) is 10.7. The van der Waals surface area contributed by atoms with E-state index < -0.39 is 5.97 Å². The smallest absolute Gasteiger partial charge is 0.341 e. The number of nitrogens with zero attached hydrogens (tertiary/aromatic N) is 1. The van der Waals surface area contributed by atoms with Crippen LogP contribution in [0.4, 0.5) is 0 Å². The molecule has 0 fully saturated rings. The standard InChI is InChI=1S/C21H29N3O3S/c1-6-22-21(24-14(2)11-17-9-7-15(3)28-17)23-13-16-8-10-19(26-4)18(12-16)20(25)27-5/h7-10,12,14H,6,11,13H2,1-5H3,(H2,22,23,24). The normalized spacial score (nSPS) is 12.4. The van der Waals surface area contributed by atoms with Crippen LogP contribution in [-0.2, 0) is 17.7 Å². The Kier molecular flexibility index (Phi) is 8.32. The minimum Gasteiger partial charge on any atom is -0.496 e. The Labute approximate surface area is 171 Å². The zero-order valence-corrected chi connectivity index (χ0v) is 18.0. The summed E-state index contributed by atoms with van der Waals surface area (Å²) in [6.07, 6.45) is 0.942. The maximum atomic E-state index is 11.9. The van der Waals surface area contributed by atoms with Crippen molar-refractivity contribution in [2.75, 3.05) is 20.8 Å². The third kappa shape index (κ3) is 6.27. The van der Waals surface area contributed by atoms with Crippen LogP contribution in [-0.4, -0.2) is 38.7 Å². The minimum atomic E-state index is -0.424. The number of aliphatic imine (C=N–C) groups is 1. The van der Waals surface area contributed by atoms with Gasteiger partial charge in [-0.05, 0) is 50.6 Å². The molecule has 0 saturated carbocycles. The number of guanidine groups is 1. The van der Waals surface area contributed by atoms with E-state index in [9.17, 15) is 4.79 Å². The Bertz CT molecular complexity index is 817. The Hall–Kier alpha value is -2.54. The van der Waals surface area contributed by atoms with Crippen molar-refractivity contribution in [3.8, 4) is 5.75 Å². The first kappa shape index (κ1) is 21.8. The molecule has 2 rings (SSSR count). The number of esters is 1. The summed E-state index contributed by atoms with van der Waals surface area (Å²) in [7, 11) is 2.89. The summed E-state index contributed by atoms with van der Waals surface area (Å²) in [6, 6.07) is 9.99. The number of aryl methyl sites for hydroxylation is 1. The van der Waals surface area contributed by atoms with Gasteiger partial charge in [-0.25, -0.2) is 9.79 Å². The van der Waals surface area contributed by atoms with E-state index in [4.69, 9.17) is 9.47 Å². The van der Waals surface area contributed by atoms with Crippen LogP contribution in [0, 0.1) is 6.92 Å². The molecule has 28 heavy (non-hydrogen) atoms. The number of methoxy groups -OCH3 is 2. The molecule has 152 valence electrons. The lowest BCUT2D eigenvalue weighted by Crippen LogP contribution is -2.43. The van der Waals surface area contributed by atoms with Crippen molar-refractivity contribution >= 4 is 23.3 Å². The quantitative estimate of drug-likeness (QED) is 0.401. The van der Waals surface area contributed by atoms with Gasteiger partial charge in [0.15, 0.2) is 5.96 Å². The van der Waals surface area contributed by atoms with Crippen LogP contribution in [0.3, 0.4) is 0 Å². The zero-order valence-electron chi connectivity index (χ0n) is 17.2. The van der Waals surface area contributed by atoms with Crippen molar-refractivity contribution in [3.05, 3.63) is 51.2 Å². The van der Waals surface area contributed by atoms with Gasteiger partial charge in [0.2, 0.25) is 0 Å². The van der Waals surface area contributed by atoms with Crippen molar-refractivity contribution in [2.24, 2.45) is 4.99 Å². The maximum absolute atomic E-state index is 11.9. The van der Waals surface area contributed by atoms with Crippen LogP contribution < -0.4 is 15.4 Å². The number of rotatable bonds is 8. The summed E-state index contributed by atoms with van der Waals surface area (Å²) in [5, 5.41) is 6.72. The van der Waals surface area contributed by atoms with Gasteiger partial charge in [-0.3, -0.25) is 0 Å². The van der Waals surface area contributed by atoms with Crippen LogP contribution in [0.15, 0.2) is 35.3 Å². The van der Waals surface area contributed by atoms with Gasteiger partial charge in [-0.15, -0.1) is 11.3 Å². The molecule has 7 heteroatoms. The van der Waals surface area contributed by atoms with Crippen molar-refractivity contribution in [3.63, 3.8) is 0 Å². The first-order valence-corrected chi connectivity index (χ1v) is 10.1. The number of carbonyl (C=O) groups excluding carboxylic acids is 1. The van der Waals surface area contributed by atoms with E-state index in [1.807, 2.05) is 24.3 Å². The fraction of sp³-hybridized carbons (Fsp3) is 0.429. The van der Waals surface area contributed by atoms with E-state index in [2.05, 4.69) is 41.6 Å². The number of benzene rings is 1. The highest BCUT2D eigenvalue weighted by Crippen LogP contribution is 2.21. The monoisotopic (exact) mass is 403 g/mol. The summed E-state index contributed by atoms with van der Waals surface area (Å²) < 4.78 is 10.1. The molecule has 0 radical (unpaired) electrons. The fourth-order valence-electron chi connectivity index (χ4n) is 2.79. The molecule has 0 aliphatic heterocycles. The Morgan fingerprint density at radius 3 is 2.64 bits per heavy atom. The van der Waals surface area contributed by atoms with Crippen LogP contribution in [0.2, 0.25) is 0 Å². The van der Waals surface area contributed by atoms with E-state index in [0.717, 1.165) is 24.5 Å². The van der Waals surface area contributed by atoms with Crippen molar-refractivity contribution in [1.29, 1.82) is 0 Å². The topological polar surface area (TPSA) is 72.0 Å². The van der Waals surface area contributed by atoms with E-state index in [1.165, 1.54) is 24.0 Å². The Morgan fingerprint density at radius 2 is 2.04 bits per heavy atom. The molecule has 0 aliphatic carbocycles. The van der Waals surface area contributed by atoms with Crippen molar-refractivity contribution in [1.82, 2.24) is 10.6 Å². The molecule has 0 aliphatic rings. The van der Waals surface area contributed by atoms with Gasteiger partial charge in [0.05, 0.1) is 20.8 Å². The van der Waals surface area contributed by atoms with E-state index in [-0.39, 0.29) is 6.04 Å². The molecule has 1 aromatic carbocycles. The summed E-state index contributed by atoms with van der Waals surface area (Å²) >= 11 is 1.82. The van der Waals surface area contributed by atoms with Gasteiger partial charge >= 0.3 is 5.97 Å². The highest BCUT2D eigenvalue weighted by atomic mass is 32.1. The highest BCUT2D eigenvalue weighted by molar-refractivity contribution is 7.11. The van der Waals surface area contributed by atoms with Gasteiger partial charge in [-0.2, -0.15) is 0 Å². The van der Waals surface area contributed by atoms with Gasteiger partial charge < -0.3 is 20.1 Å². The molecule has 0 bridgehead atoms. The van der Waals surface area contributed by atoms with Gasteiger partial charge in [0.1, 0.15) is 11.3 Å². The highest BCUT2D eigenvalue weighted by Gasteiger charge is 2.13. The summed E-state index contributed by atoms with van der Waals surface area (Å²) in [4.78, 5) is 19.3. The molecular weight excluding hydrogens is 374 g/mol. The number of hydrogen-bond donors (Lipinski definition) is 2. The molecule has 1 heterocycles. The largest absolute Gasteiger partial charge is 0.496 e. The van der Waals surface area contributed by atoms with E-state index in [1.54, 1.807) is 12.1 Å². The van der Waals surface area contributed by atoms with Crippen LogP contribution in [0.5, 0.6) is 5.75 Å². The molecule has 1 aromatic heterocycles. The molecule has 2 aromatic rings. The SMILES string of the molecule is CCNC(=NCc1ccc(OC)c(C(=O)OC)c1)NC(C)Cc1ccc(C)s1. The average molecular weight is 404 g/mol. The summed E-state index contributed by atoms with van der Waals surface area (Å²) in [5.41, 5.74) is 1.30. The first-order chi connectivity index (χ1) is 13.5. The van der Waals surface area contributed by atoms with Crippen LogP contribution in [0.1, 0.15) is 39.5 Å². The molecular formula is C21H29N3O3S. The van der Waals surface area contributed by atoms with Crippen molar-refractivity contribution < 1.29 is 14.3 Å². The second-order valence-electron chi connectivity index (χ2n) is 6.48. The van der Waals surface area contributed by atoms with E-state index >= 15 is 0 Å². The van der Waals surface area contributed by atoms with Gasteiger partial charge in [0, 0.05) is 28.8 Å². The van der Waals surface area contributed by atoms with E-state index in [0.29, 0.717) is 17.9 Å². The number of thiophene rings is 1. The lowest BCUT2D eigenvalue weighted by atomic mass is 10.1. The molecule has 2 N–H and O–H groups in total.